The van der Waals surface area contributed by atoms with E-state index in [1.165, 1.54) is 70.0 Å². The largest absolute Gasteiger partial charge is 0.396 e. The molecule has 1 saturated heterocycles. The summed E-state index contributed by atoms with van der Waals surface area (Å²) in [6.45, 7) is 9.28. The number of nitrogens with two attached hydrogens (primary N) is 1. The zero-order valence-electron chi connectivity index (χ0n) is 26.9. The normalized spacial score (nSPS) is 16.3. The van der Waals surface area contributed by atoms with Crippen LogP contribution < -0.4 is 5.73 Å². The number of benzene rings is 1. The molecule has 1 aliphatic heterocycles. The summed E-state index contributed by atoms with van der Waals surface area (Å²) in [5, 5.41) is 12.9. The standard InChI is InChI=1S/C15H23NS.C7H8N2O2.C7H16O.C6H10/c1-16-10-8-14(9-11-16)15(17-2)12-13-6-4-3-5-7-13;8-7(10)5-3-6(11-9-5)4-1-2-4;1-3-4-5-7(2)6-8;1-3-5-6-4-2/h3-7,14-15H,8-12H2,1-2H3;3-4H,1-2H2,(H2,8,10);7-8H,3-6H2,1-2H3;1H,4-6H2,2H3. The highest BCUT2D eigenvalue weighted by molar-refractivity contribution is 7.99. The van der Waals surface area contributed by atoms with E-state index < -0.39 is 5.91 Å². The van der Waals surface area contributed by atoms with Gasteiger partial charge in [-0.05, 0) is 88.7 Å². The number of nitrogens with zero attached hydrogens (tertiary/aromatic N) is 2. The Kier molecular flexibility index (Phi) is 20.9. The molecule has 2 aromatic rings. The van der Waals surface area contributed by atoms with Crippen LogP contribution in [0.15, 0.2) is 40.9 Å². The Hall–Kier alpha value is -2.27. The molecule has 0 radical (unpaired) electrons. The third-order valence-corrected chi connectivity index (χ3v) is 8.83. The summed E-state index contributed by atoms with van der Waals surface area (Å²) < 4.78 is 4.90. The summed E-state index contributed by atoms with van der Waals surface area (Å²) in [7, 11) is 2.24. The van der Waals surface area contributed by atoms with Crippen molar-refractivity contribution in [2.24, 2.45) is 17.6 Å². The molecule has 0 bridgehead atoms. The zero-order chi connectivity index (χ0) is 31.2. The van der Waals surface area contributed by atoms with Gasteiger partial charge in [-0.2, -0.15) is 11.8 Å². The second-order valence-electron chi connectivity index (χ2n) is 11.6. The second-order valence-corrected chi connectivity index (χ2v) is 12.7. The fraction of sp³-hybridized carbons (Fsp3) is 0.657. The summed E-state index contributed by atoms with van der Waals surface area (Å²) in [4.78, 5) is 13.0. The molecular weight excluding hydrogens is 542 g/mol. The highest BCUT2D eigenvalue weighted by atomic mass is 32.2. The van der Waals surface area contributed by atoms with Crippen LogP contribution in [0.25, 0.3) is 0 Å². The number of thioether (sulfide) groups is 1. The fourth-order valence-corrected chi connectivity index (χ4v) is 5.59. The number of piperidine rings is 1. The van der Waals surface area contributed by atoms with Crippen LogP contribution in [-0.4, -0.2) is 59.3 Å². The molecule has 2 aliphatic rings. The van der Waals surface area contributed by atoms with Crippen LogP contribution in [0.1, 0.15) is 113 Å². The van der Waals surface area contributed by atoms with Crippen LogP contribution in [0.2, 0.25) is 0 Å². The number of terminal acetylenes is 1. The maximum absolute atomic E-state index is 10.6. The Morgan fingerprint density at radius 1 is 1.17 bits per heavy atom. The van der Waals surface area contributed by atoms with Gasteiger partial charge in [0.15, 0.2) is 5.69 Å². The molecule has 0 spiro atoms. The van der Waals surface area contributed by atoms with E-state index in [1.54, 1.807) is 6.07 Å². The third-order valence-electron chi connectivity index (χ3n) is 7.67. The predicted octanol–water partition coefficient (Wildman–Crippen LogP) is 7.57. The fourth-order valence-electron chi connectivity index (χ4n) is 4.58. The van der Waals surface area contributed by atoms with E-state index in [1.807, 2.05) is 0 Å². The van der Waals surface area contributed by atoms with Gasteiger partial charge < -0.3 is 20.3 Å². The number of carbonyl (C=O) groups excluding carboxylic acids is 1. The highest BCUT2D eigenvalue weighted by Crippen LogP contribution is 2.40. The first kappa shape index (κ1) is 37.8. The first-order valence-corrected chi connectivity index (χ1v) is 17.1. The summed E-state index contributed by atoms with van der Waals surface area (Å²) in [6, 6.07) is 12.6. The van der Waals surface area contributed by atoms with Gasteiger partial charge in [-0.3, -0.25) is 4.79 Å². The number of amides is 1. The van der Waals surface area contributed by atoms with Crippen molar-refractivity contribution < 1.29 is 14.4 Å². The predicted molar refractivity (Wildman–Crippen MR) is 179 cm³/mol. The van der Waals surface area contributed by atoms with Crippen LogP contribution in [0.3, 0.4) is 0 Å². The number of unbranched alkanes of at least 4 members (excludes halogenated alkanes) is 3. The minimum Gasteiger partial charge on any atom is -0.396 e. The first-order valence-electron chi connectivity index (χ1n) is 15.8. The van der Waals surface area contributed by atoms with Crippen molar-refractivity contribution in [3.8, 4) is 12.3 Å². The van der Waals surface area contributed by atoms with Crippen LogP contribution >= 0.6 is 11.8 Å². The maximum atomic E-state index is 10.6. The molecule has 2 atom stereocenters. The molecule has 1 amide bonds. The Balaban J connectivity index is 0.000000305. The topological polar surface area (TPSA) is 92.6 Å². The number of aliphatic hydroxyl groups excluding tert-OH is 1. The average molecular weight is 600 g/mol. The Morgan fingerprint density at radius 3 is 2.26 bits per heavy atom. The molecule has 2 heterocycles. The molecule has 1 aliphatic carbocycles. The Bertz CT molecular complexity index is 979. The molecule has 1 aromatic carbocycles. The zero-order valence-corrected chi connectivity index (χ0v) is 27.7. The Labute approximate surface area is 260 Å². The lowest BCUT2D eigenvalue weighted by molar-refractivity contribution is 0.0991. The van der Waals surface area contributed by atoms with Crippen LogP contribution in [0, 0.1) is 24.2 Å². The molecule has 42 heavy (non-hydrogen) atoms. The van der Waals surface area contributed by atoms with Gasteiger partial charge in [-0.1, -0.05) is 75.5 Å². The quantitative estimate of drug-likeness (QED) is 0.193. The summed E-state index contributed by atoms with van der Waals surface area (Å²) >= 11 is 2.05. The SMILES string of the molecule is C#CCCCC.CCCCC(C)CO.CSC(Cc1ccccc1)C1CCN(C)CC1.NC(=O)c1cc(C2CC2)on1. The van der Waals surface area contributed by atoms with E-state index in [2.05, 4.69) is 92.1 Å². The van der Waals surface area contributed by atoms with Crippen molar-refractivity contribution in [1.82, 2.24) is 10.1 Å². The summed E-state index contributed by atoms with van der Waals surface area (Å²) in [5.41, 5.74) is 6.71. The van der Waals surface area contributed by atoms with Crippen LogP contribution in [-0.2, 0) is 6.42 Å². The lowest BCUT2D eigenvalue weighted by atomic mass is 9.90. The molecule has 3 N–H and O–H groups in total. The number of likely N-dealkylation sites (tertiary alicyclic amines) is 1. The second kappa shape index (κ2) is 23.2. The molecule has 1 aromatic heterocycles. The van der Waals surface area contributed by atoms with Crippen molar-refractivity contribution in [3.63, 3.8) is 0 Å². The number of carbonyl (C=O) groups is 1. The van der Waals surface area contributed by atoms with E-state index in [0.717, 1.165) is 36.2 Å². The molecule has 1 saturated carbocycles. The van der Waals surface area contributed by atoms with Gasteiger partial charge in [0.05, 0.1) is 0 Å². The van der Waals surface area contributed by atoms with E-state index in [-0.39, 0.29) is 5.69 Å². The van der Waals surface area contributed by atoms with Gasteiger partial charge in [0.2, 0.25) is 0 Å². The minimum absolute atomic E-state index is 0.229. The molecule has 6 nitrogen and oxygen atoms in total. The lowest BCUT2D eigenvalue weighted by Crippen LogP contribution is -2.35. The molecule has 236 valence electrons. The highest BCUT2D eigenvalue weighted by Gasteiger charge is 2.28. The molecule has 2 unspecified atom stereocenters. The molecule has 2 fully saturated rings. The van der Waals surface area contributed by atoms with Crippen molar-refractivity contribution >= 4 is 17.7 Å². The van der Waals surface area contributed by atoms with E-state index in [4.69, 9.17) is 21.8 Å². The van der Waals surface area contributed by atoms with Crippen LogP contribution in [0.5, 0.6) is 0 Å². The minimum atomic E-state index is -0.527. The average Bonchev–Trinajstić information content (AvgIpc) is 3.75. The smallest absolute Gasteiger partial charge is 0.270 e. The number of hydrogen-bond acceptors (Lipinski definition) is 6. The van der Waals surface area contributed by atoms with Gasteiger partial charge in [-0.15, -0.1) is 12.3 Å². The number of aromatic nitrogens is 1. The lowest BCUT2D eigenvalue weighted by Gasteiger charge is -2.33. The molecule has 4 rings (SSSR count). The van der Waals surface area contributed by atoms with Crippen molar-refractivity contribution in [3.05, 3.63) is 53.4 Å². The van der Waals surface area contributed by atoms with Crippen LogP contribution in [0.4, 0.5) is 0 Å². The summed E-state index contributed by atoms with van der Waals surface area (Å²) in [6.07, 6.45) is 20.5. The van der Waals surface area contributed by atoms with Crippen molar-refractivity contribution in [2.45, 2.75) is 103 Å². The molecule has 7 heteroatoms. The number of primary amides is 1. The van der Waals surface area contributed by atoms with Gasteiger partial charge in [0, 0.05) is 30.3 Å². The van der Waals surface area contributed by atoms with E-state index in [9.17, 15) is 4.79 Å². The number of aliphatic hydroxyl groups is 1. The van der Waals surface area contributed by atoms with Gasteiger partial charge in [0.25, 0.3) is 5.91 Å². The number of rotatable bonds is 12. The number of hydrogen-bond donors (Lipinski definition) is 2. The molecular formula is C35H57N3O3S. The van der Waals surface area contributed by atoms with Crippen molar-refractivity contribution in [2.75, 3.05) is 33.0 Å². The monoisotopic (exact) mass is 599 g/mol. The Morgan fingerprint density at radius 2 is 1.81 bits per heavy atom. The third kappa shape index (κ3) is 17.0. The first-order chi connectivity index (χ1) is 20.3. The van der Waals surface area contributed by atoms with E-state index in [0.29, 0.717) is 18.4 Å². The van der Waals surface area contributed by atoms with Gasteiger partial charge >= 0.3 is 0 Å². The van der Waals surface area contributed by atoms with Crippen molar-refractivity contribution in [1.29, 1.82) is 0 Å². The summed E-state index contributed by atoms with van der Waals surface area (Å²) in [5.74, 6) is 4.73. The van der Waals surface area contributed by atoms with Gasteiger partial charge in [-0.25, -0.2) is 0 Å². The van der Waals surface area contributed by atoms with E-state index >= 15 is 0 Å². The van der Waals surface area contributed by atoms with Gasteiger partial charge in [0.1, 0.15) is 5.76 Å². The maximum Gasteiger partial charge on any atom is 0.270 e.